The van der Waals surface area contributed by atoms with Gasteiger partial charge in [-0.2, -0.15) is 0 Å². The number of carbonyl (C=O) groups excluding carboxylic acids is 3. The molecule has 30 heavy (non-hydrogen) atoms. The number of esters is 1. The second-order valence-corrected chi connectivity index (χ2v) is 7.67. The molecule has 0 saturated carbocycles. The number of aromatic nitrogens is 1. The average molecular weight is 429 g/mol. The van der Waals surface area contributed by atoms with E-state index in [4.69, 9.17) is 10.5 Å². The van der Waals surface area contributed by atoms with E-state index < -0.39 is 5.91 Å². The van der Waals surface area contributed by atoms with Crippen LogP contribution in [0, 0.1) is 0 Å². The van der Waals surface area contributed by atoms with E-state index in [1.54, 1.807) is 30.0 Å². The summed E-state index contributed by atoms with van der Waals surface area (Å²) in [7, 11) is 0. The average Bonchev–Trinajstić information content (AvgIpc) is 2.78. The summed E-state index contributed by atoms with van der Waals surface area (Å²) < 4.78 is 4.97. The second kappa shape index (κ2) is 10.1. The van der Waals surface area contributed by atoms with Gasteiger partial charge in [-0.15, -0.1) is 11.8 Å². The molecule has 0 bridgehead atoms. The monoisotopic (exact) mass is 428 g/mol. The molecule has 2 N–H and O–H groups in total. The number of rotatable bonds is 7. The summed E-state index contributed by atoms with van der Waals surface area (Å²) in [5.41, 5.74) is 6.22. The minimum absolute atomic E-state index is 0.0622. The fourth-order valence-electron chi connectivity index (χ4n) is 3.14. The highest BCUT2D eigenvalue weighted by Crippen LogP contribution is 2.24. The highest BCUT2D eigenvalue weighted by atomic mass is 32.2. The van der Waals surface area contributed by atoms with E-state index in [0.717, 1.165) is 10.7 Å². The molecular weight excluding hydrogens is 404 g/mol. The zero-order chi connectivity index (χ0) is 21.5. The van der Waals surface area contributed by atoms with Crippen molar-refractivity contribution in [3.63, 3.8) is 0 Å². The standard InChI is InChI=1S/C21H24N4O4S/c1-2-29-21(28)15-7-8-19(23-13-15)24-9-11-25(12-10-24)20(27)16-5-3-4-6-17(16)30-14-18(22)26/h3-8,13H,2,9-12,14H2,1H3,(H2,22,26). The van der Waals surface area contributed by atoms with Gasteiger partial charge < -0.3 is 20.3 Å². The molecule has 2 aromatic rings. The van der Waals surface area contributed by atoms with Gasteiger partial charge in [-0.25, -0.2) is 9.78 Å². The molecule has 2 amide bonds. The molecule has 9 heteroatoms. The highest BCUT2D eigenvalue weighted by Gasteiger charge is 2.24. The Balaban J connectivity index is 1.61. The summed E-state index contributed by atoms with van der Waals surface area (Å²) in [6, 6.07) is 10.7. The Morgan fingerprint density at radius 1 is 1.10 bits per heavy atom. The predicted molar refractivity (Wildman–Crippen MR) is 115 cm³/mol. The number of benzene rings is 1. The Kier molecular flexibility index (Phi) is 7.29. The van der Waals surface area contributed by atoms with Crippen molar-refractivity contribution in [3.05, 3.63) is 53.7 Å². The lowest BCUT2D eigenvalue weighted by Crippen LogP contribution is -2.49. The van der Waals surface area contributed by atoms with Crippen LogP contribution in [0.4, 0.5) is 5.82 Å². The van der Waals surface area contributed by atoms with Gasteiger partial charge in [-0.05, 0) is 31.2 Å². The highest BCUT2D eigenvalue weighted by molar-refractivity contribution is 8.00. The number of thioether (sulfide) groups is 1. The van der Waals surface area contributed by atoms with Gasteiger partial charge in [-0.1, -0.05) is 12.1 Å². The van der Waals surface area contributed by atoms with E-state index in [1.165, 1.54) is 18.0 Å². The summed E-state index contributed by atoms with van der Waals surface area (Å²) in [4.78, 5) is 44.8. The number of hydrogen-bond acceptors (Lipinski definition) is 7. The molecule has 1 aromatic carbocycles. The molecule has 0 radical (unpaired) electrons. The number of anilines is 1. The number of amides is 2. The smallest absolute Gasteiger partial charge is 0.339 e. The first-order chi connectivity index (χ1) is 14.5. The molecule has 158 valence electrons. The Morgan fingerprint density at radius 3 is 2.47 bits per heavy atom. The van der Waals surface area contributed by atoms with Crippen molar-refractivity contribution in [3.8, 4) is 0 Å². The third kappa shape index (κ3) is 5.29. The van der Waals surface area contributed by atoms with E-state index in [0.29, 0.717) is 43.9 Å². The van der Waals surface area contributed by atoms with Crippen LogP contribution in [0.25, 0.3) is 0 Å². The van der Waals surface area contributed by atoms with Crippen molar-refractivity contribution in [1.82, 2.24) is 9.88 Å². The van der Waals surface area contributed by atoms with Gasteiger partial charge in [0.2, 0.25) is 5.91 Å². The molecule has 0 atom stereocenters. The maximum atomic E-state index is 13.0. The zero-order valence-corrected chi connectivity index (χ0v) is 17.6. The summed E-state index contributed by atoms with van der Waals surface area (Å²) in [5, 5.41) is 0. The number of carbonyl (C=O) groups is 3. The first kappa shape index (κ1) is 21.6. The number of nitrogens with zero attached hydrogens (tertiary/aromatic N) is 3. The molecule has 1 aliphatic rings. The van der Waals surface area contributed by atoms with Crippen molar-refractivity contribution < 1.29 is 19.1 Å². The molecular formula is C21H24N4O4S. The molecule has 0 aliphatic carbocycles. The third-order valence-electron chi connectivity index (χ3n) is 4.64. The van der Waals surface area contributed by atoms with Crippen molar-refractivity contribution in [2.24, 2.45) is 5.73 Å². The van der Waals surface area contributed by atoms with Crippen LogP contribution in [-0.2, 0) is 9.53 Å². The van der Waals surface area contributed by atoms with Gasteiger partial charge >= 0.3 is 5.97 Å². The van der Waals surface area contributed by atoms with E-state index in [-0.39, 0.29) is 17.6 Å². The van der Waals surface area contributed by atoms with Gasteiger partial charge in [0.15, 0.2) is 0 Å². The van der Waals surface area contributed by atoms with Gasteiger partial charge in [0.05, 0.1) is 23.5 Å². The van der Waals surface area contributed by atoms with Crippen molar-refractivity contribution >= 4 is 35.4 Å². The molecule has 2 heterocycles. The largest absolute Gasteiger partial charge is 0.462 e. The van der Waals surface area contributed by atoms with Crippen LogP contribution in [0.2, 0.25) is 0 Å². The second-order valence-electron chi connectivity index (χ2n) is 6.66. The summed E-state index contributed by atoms with van der Waals surface area (Å²) >= 11 is 1.27. The van der Waals surface area contributed by atoms with Crippen molar-refractivity contribution in [1.29, 1.82) is 0 Å². The molecule has 1 fully saturated rings. The van der Waals surface area contributed by atoms with Gasteiger partial charge in [-0.3, -0.25) is 9.59 Å². The van der Waals surface area contributed by atoms with Crippen molar-refractivity contribution in [2.75, 3.05) is 43.4 Å². The lowest BCUT2D eigenvalue weighted by molar-refractivity contribution is -0.115. The molecule has 0 unspecified atom stereocenters. The van der Waals surface area contributed by atoms with E-state index in [2.05, 4.69) is 9.88 Å². The lowest BCUT2D eigenvalue weighted by atomic mass is 10.1. The molecule has 3 rings (SSSR count). The minimum Gasteiger partial charge on any atom is -0.462 e. The SMILES string of the molecule is CCOC(=O)c1ccc(N2CCN(C(=O)c3ccccc3SCC(N)=O)CC2)nc1. The molecule has 8 nitrogen and oxygen atoms in total. The van der Waals surface area contributed by atoms with Gasteiger partial charge in [0.1, 0.15) is 5.82 Å². The number of primary amides is 1. The summed E-state index contributed by atoms with van der Waals surface area (Å²) in [6.07, 6.45) is 1.51. The van der Waals surface area contributed by atoms with E-state index in [9.17, 15) is 14.4 Å². The Labute approximate surface area is 179 Å². The zero-order valence-electron chi connectivity index (χ0n) is 16.7. The maximum absolute atomic E-state index is 13.0. The topological polar surface area (TPSA) is 106 Å². The van der Waals surface area contributed by atoms with Crippen LogP contribution < -0.4 is 10.6 Å². The third-order valence-corrected chi connectivity index (χ3v) is 5.73. The Bertz CT molecular complexity index is 911. The fraction of sp³-hybridized carbons (Fsp3) is 0.333. The van der Waals surface area contributed by atoms with Crippen LogP contribution in [0.3, 0.4) is 0 Å². The van der Waals surface area contributed by atoms with Gasteiger partial charge in [0, 0.05) is 37.3 Å². The van der Waals surface area contributed by atoms with E-state index in [1.807, 2.05) is 18.2 Å². The van der Waals surface area contributed by atoms with Crippen LogP contribution in [0.15, 0.2) is 47.5 Å². The molecule has 0 spiro atoms. The lowest BCUT2D eigenvalue weighted by Gasteiger charge is -2.35. The molecule has 1 aliphatic heterocycles. The fourth-order valence-corrected chi connectivity index (χ4v) is 3.92. The first-order valence-corrected chi connectivity index (χ1v) is 10.7. The van der Waals surface area contributed by atoms with Crippen molar-refractivity contribution in [2.45, 2.75) is 11.8 Å². The molecule has 1 saturated heterocycles. The molecule has 1 aromatic heterocycles. The van der Waals surface area contributed by atoms with Crippen LogP contribution in [0.1, 0.15) is 27.6 Å². The Hall–Kier alpha value is -3.07. The quantitative estimate of drug-likeness (QED) is 0.529. The number of pyridine rings is 1. The number of piperazine rings is 1. The predicted octanol–water partition coefficient (Wildman–Crippen LogP) is 1.80. The van der Waals surface area contributed by atoms with Crippen LogP contribution in [0.5, 0.6) is 0 Å². The number of ether oxygens (including phenoxy) is 1. The maximum Gasteiger partial charge on any atom is 0.339 e. The van der Waals surface area contributed by atoms with Crippen LogP contribution >= 0.6 is 11.8 Å². The summed E-state index contributed by atoms with van der Waals surface area (Å²) in [5.74, 6) is 0.0171. The summed E-state index contributed by atoms with van der Waals surface area (Å²) in [6.45, 7) is 4.45. The first-order valence-electron chi connectivity index (χ1n) is 9.67. The van der Waals surface area contributed by atoms with Crippen LogP contribution in [-0.4, -0.2) is 66.2 Å². The normalized spacial score (nSPS) is 13.8. The minimum atomic E-state index is -0.419. The number of nitrogens with two attached hydrogens (primary N) is 1. The number of hydrogen-bond donors (Lipinski definition) is 1. The van der Waals surface area contributed by atoms with E-state index >= 15 is 0 Å². The van der Waals surface area contributed by atoms with Gasteiger partial charge in [0.25, 0.3) is 5.91 Å². The Morgan fingerprint density at radius 2 is 1.83 bits per heavy atom.